The molecule has 1 aromatic rings. The molecule has 1 aromatic carbocycles. The lowest BCUT2D eigenvalue weighted by atomic mass is 9.99. The molecular weight excluding hydrogens is 238 g/mol. The van der Waals surface area contributed by atoms with Crippen LogP contribution in [0, 0.1) is 0 Å². The van der Waals surface area contributed by atoms with Crippen LogP contribution in [0.2, 0.25) is 0 Å². The normalized spacial score (nSPS) is 13.8. The highest BCUT2D eigenvalue weighted by atomic mass is 16.5. The minimum atomic E-state index is -1.76. The Morgan fingerprint density at radius 1 is 1.33 bits per heavy atom. The highest BCUT2D eigenvalue weighted by molar-refractivity contribution is 5.94. The Labute approximate surface area is 104 Å². The predicted molar refractivity (Wildman–Crippen MR) is 63.2 cm³/mol. The van der Waals surface area contributed by atoms with Crippen molar-refractivity contribution in [2.75, 3.05) is 7.11 Å². The number of nitrogens with two attached hydrogens (primary N) is 1. The second-order valence-electron chi connectivity index (χ2n) is 3.80. The average molecular weight is 253 g/mol. The third kappa shape index (κ3) is 2.85. The summed E-state index contributed by atoms with van der Waals surface area (Å²) in [6.07, 6.45) is -3.31. The lowest BCUT2D eigenvalue weighted by Gasteiger charge is -2.18. The van der Waals surface area contributed by atoms with Crippen molar-refractivity contribution in [3.05, 3.63) is 29.3 Å². The van der Waals surface area contributed by atoms with Gasteiger partial charge in [0.15, 0.2) is 11.9 Å². The summed E-state index contributed by atoms with van der Waals surface area (Å²) in [6.45, 7) is 1.36. The van der Waals surface area contributed by atoms with E-state index in [1.807, 2.05) is 0 Å². The second kappa shape index (κ2) is 5.61. The topological polar surface area (TPSA) is 110 Å². The molecule has 4 N–H and O–H groups in total. The van der Waals surface area contributed by atoms with Crippen molar-refractivity contribution in [3.63, 3.8) is 0 Å². The summed E-state index contributed by atoms with van der Waals surface area (Å²) in [5.74, 6) is -1.01. The Balaban J connectivity index is 3.23. The van der Waals surface area contributed by atoms with Gasteiger partial charge in [0.05, 0.1) is 7.11 Å². The molecule has 1 rings (SSSR count). The number of rotatable bonds is 5. The fourth-order valence-electron chi connectivity index (χ4n) is 1.51. The number of methoxy groups -OCH3 is 1. The molecule has 2 atom stereocenters. The maximum Gasteiger partial charge on any atom is 0.249 e. The van der Waals surface area contributed by atoms with E-state index in [1.165, 1.54) is 32.2 Å². The van der Waals surface area contributed by atoms with Gasteiger partial charge in [-0.25, -0.2) is 0 Å². The van der Waals surface area contributed by atoms with Crippen LogP contribution in [0.15, 0.2) is 18.2 Å². The molecule has 0 aliphatic carbocycles. The van der Waals surface area contributed by atoms with Crippen LogP contribution >= 0.6 is 0 Å². The highest BCUT2D eigenvalue weighted by Gasteiger charge is 2.26. The molecule has 0 fully saturated rings. The van der Waals surface area contributed by atoms with Gasteiger partial charge in [-0.05, 0) is 25.1 Å². The van der Waals surface area contributed by atoms with E-state index in [1.54, 1.807) is 0 Å². The number of aliphatic hydroxyl groups excluding tert-OH is 2. The summed E-state index contributed by atoms with van der Waals surface area (Å²) in [5, 5.41) is 19.3. The number of carbonyl (C=O) groups excluding carboxylic acids is 2. The summed E-state index contributed by atoms with van der Waals surface area (Å²) in [4.78, 5) is 22.1. The number of ketones is 1. The Kier molecular flexibility index (Phi) is 4.41. The van der Waals surface area contributed by atoms with E-state index in [9.17, 15) is 19.8 Å². The number of hydrogen-bond donors (Lipinski definition) is 3. The number of ether oxygens (including phenoxy) is 1. The Bertz CT molecular complexity index is 472. The van der Waals surface area contributed by atoms with Crippen LogP contribution in [0.3, 0.4) is 0 Å². The first kappa shape index (κ1) is 14.1. The molecule has 0 spiro atoms. The Morgan fingerprint density at radius 3 is 2.39 bits per heavy atom. The van der Waals surface area contributed by atoms with Crippen molar-refractivity contribution in [1.82, 2.24) is 0 Å². The van der Waals surface area contributed by atoms with Crippen molar-refractivity contribution < 1.29 is 24.5 Å². The molecule has 0 aliphatic rings. The number of primary amides is 1. The number of benzene rings is 1. The van der Waals surface area contributed by atoms with E-state index in [2.05, 4.69) is 0 Å². The number of carbonyl (C=O) groups is 2. The average Bonchev–Trinajstić information content (AvgIpc) is 2.35. The number of aliphatic hydroxyl groups is 2. The Hall–Kier alpha value is -1.92. The Morgan fingerprint density at radius 2 is 1.94 bits per heavy atom. The molecule has 1 amide bonds. The standard InChI is InChI=1S/C12H15NO5/c1-6(14)7-3-4-9(18-2)8(5-7)10(15)11(16)12(13)17/h3-5,10-11,15-16H,1-2H3,(H2,13,17). The fraction of sp³-hybridized carbons (Fsp3) is 0.333. The van der Waals surface area contributed by atoms with Crippen LogP contribution < -0.4 is 10.5 Å². The van der Waals surface area contributed by atoms with Gasteiger partial charge < -0.3 is 20.7 Å². The molecule has 0 heterocycles. The summed E-state index contributed by atoms with van der Waals surface area (Å²) >= 11 is 0. The molecule has 0 radical (unpaired) electrons. The van der Waals surface area contributed by atoms with Crippen LogP contribution in [-0.4, -0.2) is 35.1 Å². The molecule has 6 nitrogen and oxygen atoms in total. The van der Waals surface area contributed by atoms with Crippen LogP contribution in [0.4, 0.5) is 0 Å². The van der Waals surface area contributed by atoms with E-state index in [0.29, 0.717) is 5.56 Å². The molecule has 0 saturated carbocycles. The molecule has 2 unspecified atom stereocenters. The highest BCUT2D eigenvalue weighted by Crippen LogP contribution is 2.28. The minimum Gasteiger partial charge on any atom is -0.496 e. The smallest absolute Gasteiger partial charge is 0.249 e. The van der Waals surface area contributed by atoms with Crippen LogP contribution in [0.1, 0.15) is 28.9 Å². The molecule has 0 aromatic heterocycles. The zero-order valence-corrected chi connectivity index (χ0v) is 10.1. The first-order chi connectivity index (χ1) is 8.38. The zero-order valence-electron chi connectivity index (χ0n) is 10.1. The van der Waals surface area contributed by atoms with Crippen molar-refractivity contribution in [3.8, 4) is 5.75 Å². The molecule has 18 heavy (non-hydrogen) atoms. The van der Waals surface area contributed by atoms with Crippen molar-refractivity contribution >= 4 is 11.7 Å². The summed E-state index contributed by atoms with van der Waals surface area (Å²) < 4.78 is 5.00. The lowest BCUT2D eigenvalue weighted by Crippen LogP contribution is -2.34. The van der Waals surface area contributed by atoms with Crippen LogP contribution in [-0.2, 0) is 4.79 Å². The van der Waals surface area contributed by atoms with E-state index >= 15 is 0 Å². The molecule has 0 saturated heterocycles. The lowest BCUT2D eigenvalue weighted by molar-refractivity contribution is -0.132. The van der Waals surface area contributed by atoms with E-state index in [-0.39, 0.29) is 17.1 Å². The van der Waals surface area contributed by atoms with Crippen molar-refractivity contribution in [2.45, 2.75) is 19.1 Å². The third-order valence-corrected chi connectivity index (χ3v) is 2.55. The zero-order chi connectivity index (χ0) is 13.9. The predicted octanol–water partition coefficient (Wildman–Crippen LogP) is -0.223. The number of Topliss-reactive ketones (excluding diaryl/α,β-unsaturated/α-hetero) is 1. The number of amides is 1. The van der Waals surface area contributed by atoms with Gasteiger partial charge in [0.25, 0.3) is 0 Å². The summed E-state index contributed by atoms with van der Waals surface area (Å²) in [5.41, 5.74) is 5.38. The summed E-state index contributed by atoms with van der Waals surface area (Å²) in [6, 6.07) is 4.36. The van der Waals surface area contributed by atoms with E-state index in [4.69, 9.17) is 10.5 Å². The second-order valence-corrected chi connectivity index (χ2v) is 3.80. The van der Waals surface area contributed by atoms with Gasteiger partial charge in [-0.2, -0.15) is 0 Å². The van der Waals surface area contributed by atoms with Crippen molar-refractivity contribution in [1.29, 1.82) is 0 Å². The monoisotopic (exact) mass is 253 g/mol. The maximum atomic E-state index is 11.2. The van der Waals surface area contributed by atoms with E-state index < -0.39 is 18.1 Å². The minimum absolute atomic E-state index is 0.136. The van der Waals surface area contributed by atoms with Gasteiger partial charge in [-0.1, -0.05) is 0 Å². The molecule has 98 valence electrons. The number of hydrogen-bond acceptors (Lipinski definition) is 5. The quantitative estimate of drug-likeness (QED) is 0.628. The summed E-state index contributed by atoms with van der Waals surface area (Å²) in [7, 11) is 1.37. The fourth-order valence-corrected chi connectivity index (χ4v) is 1.51. The SMILES string of the molecule is COc1ccc(C(C)=O)cc1C(O)C(O)C(N)=O. The van der Waals surface area contributed by atoms with Gasteiger partial charge in [0.2, 0.25) is 5.91 Å². The van der Waals surface area contributed by atoms with Gasteiger partial charge in [-0.3, -0.25) is 9.59 Å². The largest absolute Gasteiger partial charge is 0.496 e. The first-order valence-electron chi connectivity index (χ1n) is 5.22. The van der Waals surface area contributed by atoms with Gasteiger partial charge >= 0.3 is 0 Å². The molecule has 0 bridgehead atoms. The first-order valence-corrected chi connectivity index (χ1v) is 5.22. The van der Waals surface area contributed by atoms with Crippen molar-refractivity contribution in [2.24, 2.45) is 5.73 Å². The van der Waals surface area contributed by atoms with Gasteiger partial charge in [0.1, 0.15) is 11.9 Å². The van der Waals surface area contributed by atoms with E-state index in [0.717, 1.165) is 0 Å². The van der Waals surface area contributed by atoms with Gasteiger partial charge in [0, 0.05) is 11.1 Å². The van der Waals surface area contributed by atoms with Crippen LogP contribution in [0.5, 0.6) is 5.75 Å². The molecular formula is C12H15NO5. The maximum absolute atomic E-state index is 11.2. The molecule has 6 heteroatoms. The third-order valence-electron chi connectivity index (χ3n) is 2.55. The van der Waals surface area contributed by atoms with Crippen LogP contribution in [0.25, 0.3) is 0 Å². The molecule has 0 aliphatic heterocycles. The van der Waals surface area contributed by atoms with Gasteiger partial charge in [-0.15, -0.1) is 0 Å².